The molecule has 3 aromatic rings. The lowest BCUT2D eigenvalue weighted by Crippen LogP contribution is -2.00. The van der Waals surface area contributed by atoms with Gasteiger partial charge in [0.25, 0.3) is 0 Å². The molecule has 1 N–H and O–H groups in total. The highest BCUT2D eigenvalue weighted by molar-refractivity contribution is 8.00. The van der Waals surface area contributed by atoms with Gasteiger partial charge in [0.05, 0.1) is 16.8 Å². The first kappa shape index (κ1) is 15.8. The van der Waals surface area contributed by atoms with Gasteiger partial charge in [0.15, 0.2) is 0 Å². The van der Waals surface area contributed by atoms with Crippen LogP contribution >= 0.6 is 23.5 Å². The van der Waals surface area contributed by atoms with E-state index < -0.39 is 0 Å². The molecule has 0 bridgehead atoms. The fourth-order valence-electron chi connectivity index (χ4n) is 2.19. The predicted molar refractivity (Wildman–Crippen MR) is 94.6 cm³/mol. The van der Waals surface area contributed by atoms with E-state index in [4.69, 9.17) is 11.6 Å². The van der Waals surface area contributed by atoms with Crippen molar-refractivity contribution in [1.82, 2.24) is 19.7 Å². The van der Waals surface area contributed by atoms with Crippen LogP contribution in [0.3, 0.4) is 0 Å². The fraction of sp³-hybridized carbons (Fsp3) is 0.188. The molecule has 23 heavy (non-hydrogen) atoms. The second-order valence-electron chi connectivity index (χ2n) is 5.18. The number of nitrogens with zero attached hydrogens (tertiary/aromatic N) is 4. The Bertz CT molecular complexity index is 846. The summed E-state index contributed by atoms with van der Waals surface area (Å²) in [5.74, 6) is 0.479. The largest absolute Gasteiger partial charge is 0.294 e. The molecule has 0 aliphatic heterocycles. The van der Waals surface area contributed by atoms with Gasteiger partial charge in [-0.3, -0.25) is 9.40 Å². The highest BCUT2D eigenvalue weighted by Gasteiger charge is 2.13. The summed E-state index contributed by atoms with van der Waals surface area (Å²) in [6, 6.07) is 8.10. The predicted octanol–water partition coefficient (Wildman–Crippen LogP) is 4.27. The third kappa shape index (κ3) is 3.48. The molecule has 0 amide bonds. The van der Waals surface area contributed by atoms with Crippen LogP contribution in [-0.4, -0.2) is 19.7 Å². The Morgan fingerprint density at radius 2 is 1.96 bits per heavy atom. The first-order valence-corrected chi connectivity index (χ1v) is 8.25. The van der Waals surface area contributed by atoms with E-state index in [0.717, 1.165) is 27.3 Å². The van der Waals surface area contributed by atoms with Crippen LogP contribution in [0.4, 0.5) is 5.95 Å². The fourth-order valence-corrected chi connectivity index (χ4v) is 2.97. The summed E-state index contributed by atoms with van der Waals surface area (Å²) in [7, 11) is 1.87. The first-order valence-electron chi connectivity index (χ1n) is 7.06. The smallest absolute Gasteiger partial charge is 0.235 e. The summed E-state index contributed by atoms with van der Waals surface area (Å²) in [6.07, 6.45) is 3.69. The van der Waals surface area contributed by atoms with Gasteiger partial charge in [-0.15, -0.1) is 0 Å². The maximum absolute atomic E-state index is 6.29. The van der Waals surface area contributed by atoms with Crippen molar-refractivity contribution in [2.24, 2.45) is 7.05 Å². The van der Waals surface area contributed by atoms with Crippen molar-refractivity contribution in [2.75, 3.05) is 4.72 Å². The van der Waals surface area contributed by atoms with Crippen LogP contribution < -0.4 is 4.72 Å². The summed E-state index contributed by atoms with van der Waals surface area (Å²) in [4.78, 5) is 9.91. The number of aryl methyl sites for hydroxylation is 2. The number of hydrogen-bond acceptors (Lipinski definition) is 5. The van der Waals surface area contributed by atoms with Gasteiger partial charge in [-0.05, 0) is 31.4 Å². The quantitative estimate of drug-likeness (QED) is 0.565. The molecule has 3 rings (SSSR count). The van der Waals surface area contributed by atoms with Crippen LogP contribution in [-0.2, 0) is 7.05 Å². The van der Waals surface area contributed by atoms with Crippen molar-refractivity contribution in [1.29, 1.82) is 0 Å². The number of benzene rings is 1. The summed E-state index contributed by atoms with van der Waals surface area (Å²) >= 11 is 7.69. The summed E-state index contributed by atoms with van der Waals surface area (Å²) in [5.41, 5.74) is 3.93. The molecule has 0 aliphatic rings. The summed E-state index contributed by atoms with van der Waals surface area (Å²) in [5, 5.41) is 4.58. The van der Waals surface area contributed by atoms with Gasteiger partial charge in [-0.1, -0.05) is 35.9 Å². The molecule has 0 aliphatic carbocycles. The molecule has 0 unspecified atom stereocenters. The number of nitrogens with one attached hydrogen (secondary N) is 1. The van der Waals surface area contributed by atoms with E-state index >= 15 is 0 Å². The zero-order valence-corrected chi connectivity index (χ0v) is 14.6. The second kappa shape index (κ2) is 6.60. The highest BCUT2D eigenvalue weighted by atomic mass is 35.5. The van der Waals surface area contributed by atoms with E-state index in [2.05, 4.69) is 32.8 Å². The number of aromatic nitrogens is 4. The van der Waals surface area contributed by atoms with E-state index in [9.17, 15) is 0 Å². The Kier molecular flexibility index (Phi) is 4.54. The summed E-state index contributed by atoms with van der Waals surface area (Å²) in [6.45, 7) is 3.99. The summed E-state index contributed by atoms with van der Waals surface area (Å²) < 4.78 is 4.87. The van der Waals surface area contributed by atoms with E-state index in [0.29, 0.717) is 11.1 Å². The van der Waals surface area contributed by atoms with Gasteiger partial charge in [-0.25, -0.2) is 9.97 Å². The normalized spacial score (nSPS) is 10.8. The maximum atomic E-state index is 6.29. The lowest BCUT2D eigenvalue weighted by atomic mass is 10.0. The van der Waals surface area contributed by atoms with E-state index in [1.807, 2.05) is 38.4 Å². The van der Waals surface area contributed by atoms with Crippen molar-refractivity contribution >= 4 is 29.5 Å². The van der Waals surface area contributed by atoms with Crippen molar-refractivity contribution in [2.45, 2.75) is 18.7 Å². The molecule has 2 heterocycles. The molecule has 0 radical (unpaired) electrons. The number of rotatable bonds is 4. The Hall–Kier alpha value is -2.05. The van der Waals surface area contributed by atoms with Crippen LogP contribution in [0, 0.1) is 13.8 Å². The van der Waals surface area contributed by atoms with E-state index in [1.54, 1.807) is 10.9 Å². The molecule has 0 spiro atoms. The van der Waals surface area contributed by atoms with Gasteiger partial charge in [-0.2, -0.15) is 5.10 Å². The van der Waals surface area contributed by atoms with Crippen molar-refractivity contribution in [3.05, 3.63) is 52.9 Å². The van der Waals surface area contributed by atoms with E-state index in [1.165, 1.54) is 11.9 Å². The lowest BCUT2D eigenvalue weighted by Gasteiger charge is -2.11. The van der Waals surface area contributed by atoms with Gasteiger partial charge in [0.1, 0.15) is 5.15 Å². The van der Waals surface area contributed by atoms with Crippen LogP contribution in [0.5, 0.6) is 0 Å². The molecule has 1 aromatic carbocycles. The van der Waals surface area contributed by atoms with Gasteiger partial charge in [0.2, 0.25) is 5.95 Å². The Morgan fingerprint density at radius 1 is 1.17 bits per heavy atom. The van der Waals surface area contributed by atoms with Crippen molar-refractivity contribution < 1.29 is 0 Å². The topological polar surface area (TPSA) is 55.6 Å². The van der Waals surface area contributed by atoms with Gasteiger partial charge < -0.3 is 0 Å². The zero-order valence-electron chi connectivity index (χ0n) is 13.0. The molecule has 0 saturated heterocycles. The zero-order chi connectivity index (χ0) is 16.4. The molecule has 5 nitrogen and oxygen atoms in total. The van der Waals surface area contributed by atoms with Crippen LogP contribution in [0.15, 0.2) is 41.6 Å². The first-order chi connectivity index (χ1) is 11.0. The van der Waals surface area contributed by atoms with Gasteiger partial charge in [0, 0.05) is 24.4 Å². The van der Waals surface area contributed by atoms with Crippen LogP contribution in [0.1, 0.15) is 11.1 Å². The Labute approximate surface area is 144 Å². The van der Waals surface area contributed by atoms with Crippen LogP contribution in [0.2, 0.25) is 5.15 Å². The lowest BCUT2D eigenvalue weighted by molar-refractivity contribution is 0.766. The monoisotopic (exact) mass is 345 g/mol. The average Bonchev–Trinajstić information content (AvgIpc) is 2.95. The highest BCUT2D eigenvalue weighted by Crippen LogP contribution is 2.30. The molecule has 118 valence electrons. The minimum atomic E-state index is 0.451. The third-order valence-electron chi connectivity index (χ3n) is 3.43. The standard InChI is InChI=1S/C16H16ClN5S/c1-10-6-4-5-7-13(10)14-11(2)15(17)20-16(19-14)21-23-12-8-18-22(3)9-12/h4-9H,1-3H3,(H,19,20,21). The SMILES string of the molecule is Cc1ccccc1-c1nc(NSc2cnn(C)c2)nc(Cl)c1C. The Morgan fingerprint density at radius 3 is 2.65 bits per heavy atom. The average molecular weight is 346 g/mol. The number of anilines is 1. The maximum Gasteiger partial charge on any atom is 0.235 e. The third-order valence-corrected chi connectivity index (χ3v) is 4.53. The van der Waals surface area contributed by atoms with Crippen molar-refractivity contribution in [3.63, 3.8) is 0 Å². The molecule has 0 fully saturated rings. The number of halogens is 1. The Balaban J connectivity index is 1.92. The van der Waals surface area contributed by atoms with Crippen molar-refractivity contribution in [3.8, 4) is 11.3 Å². The minimum absolute atomic E-state index is 0.451. The molecule has 7 heteroatoms. The van der Waals surface area contributed by atoms with Crippen LogP contribution in [0.25, 0.3) is 11.3 Å². The molecule has 0 saturated carbocycles. The molecule has 0 atom stereocenters. The van der Waals surface area contributed by atoms with Gasteiger partial charge >= 0.3 is 0 Å². The number of hydrogen-bond donors (Lipinski definition) is 1. The molecule has 2 aromatic heterocycles. The second-order valence-corrected chi connectivity index (χ2v) is 6.42. The van der Waals surface area contributed by atoms with E-state index in [-0.39, 0.29) is 0 Å². The minimum Gasteiger partial charge on any atom is -0.294 e. The molecular weight excluding hydrogens is 330 g/mol. The molecular formula is C16H16ClN5S.